The lowest BCUT2D eigenvalue weighted by Gasteiger charge is -2.52. The molecule has 0 spiro atoms. The smallest absolute Gasteiger partial charge is 0.265 e. The van der Waals surface area contributed by atoms with E-state index in [1.54, 1.807) is 11.3 Å². The SMILES string of the molecule is Cc1nc(C)c(C(=O)N2C[C@@H]3C[C@H](C2)[C@@H]2CCCCN2C3)s1. The molecule has 3 aliphatic heterocycles. The molecule has 3 atom stereocenters. The molecule has 1 aromatic heterocycles. The van der Waals surface area contributed by atoms with Crippen LogP contribution >= 0.6 is 11.3 Å². The number of carbonyl (C=O) groups excluding carboxylic acids is 1. The lowest BCUT2D eigenvalue weighted by Crippen LogP contribution is -2.59. The summed E-state index contributed by atoms with van der Waals surface area (Å²) in [6, 6.07) is 0.727. The van der Waals surface area contributed by atoms with Gasteiger partial charge in [-0.2, -0.15) is 0 Å². The Balaban J connectivity index is 1.53. The Morgan fingerprint density at radius 3 is 2.86 bits per heavy atom. The molecule has 3 aliphatic rings. The fraction of sp³-hybridized carbons (Fsp3) is 0.765. The highest BCUT2D eigenvalue weighted by Crippen LogP contribution is 2.38. The number of thiazole rings is 1. The van der Waals surface area contributed by atoms with Gasteiger partial charge in [-0.1, -0.05) is 6.42 Å². The molecule has 0 radical (unpaired) electrons. The Morgan fingerprint density at radius 2 is 2.09 bits per heavy atom. The van der Waals surface area contributed by atoms with Crippen LogP contribution < -0.4 is 0 Å². The first-order valence-electron chi connectivity index (χ1n) is 8.59. The van der Waals surface area contributed by atoms with Gasteiger partial charge in [0.25, 0.3) is 5.91 Å². The van der Waals surface area contributed by atoms with Crippen molar-refractivity contribution in [2.45, 2.75) is 45.6 Å². The van der Waals surface area contributed by atoms with Crippen LogP contribution in [0.25, 0.3) is 0 Å². The average molecular weight is 319 g/mol. The molecule has 1 aromatic rings. The fourth-order valence-electron chi connectivity index (χ4n) is 4.81. The molecule has 4 heterocycles. The lowest BCUT2D eigenvalue weighted by atomic mass is 9.76. The number of aromatic nitrogens is 1. The molecule has 0 N–H and O–H groups in total. The third kappa shape index (κ3) is 2.48. The van der Waals surface area contributed by atoms with Gasteiger partial charge in [0, 0.05) is 25.7 Å². The average Bonchev–Trinajstić information content (AvgIpc) is 2.85. The van der Waals surface area contributed by atoms with E-state index in [1.165, 1.54) is 38.8 Å². The van der Waals surface area contributed by atoms with Gasteiger partial charge in [0.15, 0.2) is 0 Å². The highest BCUT2D eigenvalue weighted by atomic mass is 32.1. The Hall–Kier alpha value is -0.940. The molecule has 4 rings (SSSR count). The summed E-state index contributed by atoms with van der Waals surface area (Å²) in [7, 11) is 0. The van der Waals surface area contributed by atoms with Crippen molar-refractivity contribution in [3.8, 4) is 0 Å². The second-order valence-electron chi connectivity index (χ2n) is 7.28. The van der Waals surface area contributed by atoms with Crippen molar-refractivity contribution < 1.29 is 4.79 Å². The minimum Gasteiger partial charge on any atom is -0.337 e. The lowest BCUT2D eigenvalue weighted by molar-refractivity contribution is -0.0242. The van der Waals surface area contributed by atoms with E-state index >= 15 is 0 Å². The summed E-state index contributed by atoms with van der Waals surface area (Å²) >= 11 is 1.55. The number of likely N-dealkylation sites (tertiary alicyclic amines) is 1. The van der Waals surface area contributed by atoms with Crippen LogP contribution in [0.2, 0.25) is 0 Å². The summed E-state index contributed by atoms with van der Waals surface area (Å²) in [5.74, 6) is 1.58. The molecule has 22 heavy (non-hydrogen) atoms. The molecule has 3 saturated heterocycles. The van der Waals surface area contributed by atoms with Crippen LogP contribution in [0.15, 0.2) is 0 Å². The summed E-state index contributed by atoms with van der Waals surface area (Å²) < 4.78 is 0. The van der Waals surface area contributed by atoms with Gasteiger partial charge in [0.2, 0.25) is 0 Å². The summed E-state index contributed by atoms with van der Waals surface area (Å²) in [4.78, 5) is 23.0. The second kappa shape index (κ2) is 5.60. The van der Waals surface area contributed by atoms with Gasteiger partial charge in [-0.15, -0.1) is 11.3 Å². The number of aryl methyl sites for hydroxylation is 2. The zero-order chi connectivity index (χ0) is 15.3. The zero-order valence-corrected chi connectivity index (χ0v) is 14.4. The molecule has 0 unspecified atom stereocenters. The maximum Gasteiger partial charge on any atom is 0.265 e. The van der Waals surface area contributed by atoms with Gasteiger partial charge >= 0.3 is 0 Å². The number of hydrogen-bond acceptors (Lipinski definition) is 4. The first kappa shape index (κ1) is 14.6. The fourth-order valence-corrected chi connectivity index (χ4v) is 5.69. The molecule has 1 amide bonds. The van der Waals surface area contributed by atoms with Crippen molar-refractivity contribution in [1.82, 2.24) is 14.8 Å². The van der Waals surface area contributed by atoms with Gasteiger partial charge in [0.1, 0.15) is 4.88 Å². The number of piperidine rings is 3. The van der Waals surface area contributed by atoms with Crippen molar-refractivity contribution in [3.63, 3.8) is 0 Å². The standard InChI is InChI=1S/C17H25N3OS/c1-11-16(22-12(2)18-11)17(21)20-9-13-7-14(10-20)15-5-3-4-6-19(15)8-13/h13-15H,3-10H2,1-2H3/t13-,14-,15+/m1/s1. The molecule has 0 saturated carbocycles. The van der Waals surface area contributed by atoms with Gasteiger partial charge in [-0.05, 0) is 51.5 Å². The molecule has 5 heteroatoms. The van der Waals surface area contributed by atoms with Crippen molar-refractivity contribution >= 4 is 17.2 Å². The molecule has 4 nitrogen and oxygen atoms in total. The van der Waals surface area contributed by atoms with Gasteiger partial charge in [0.05, 0.1) is 10.7 Å². The van der Waals surface area contributed by atoms with Crippen molar-refractivity contribution in [3.05, 3.63) is 15.6 Å². The predicted octanol–water partition coefficient (Wildman–Crippen LogP) is 2.71. The number of carbonyl (C=O) groups is 1. The van der Waals surface area contributed by atoms with Crippen LogP contribution in [0, 0.1) is 25.7 Å². The Labute approximate surface area is 136 Å². The first-order chi connectivity index (χ1) is 10.6. The van der Waals surface area contributed by atoms with Crippen molar-refractivity contribution in [2.75, 3.05) is 26.2 Å². The first-order valence-corrected chi connectivity index (χ1v) is 9.41. The van der Waals surface area contributed by atoms with Gasteiger partial charge < -0.3 is 4.90 Å². The normalized spacial score (nSPS) is 31.9. The summed E-state index contributed by atoms with van der Waals surface area (Å²) in [5.41, 5.74) is 0.905. The van der Waals surface area contributed by atoms with Crippen LogP contribution in [0.5, 0.6) is 0 Å². The van der Waals surface area contributed by atoms with Crippen LogP contribution in [0.1, 0.15) is 46.1 Å². The van der Waals surface area contributed by atoms with Gasteiger partial charge in [-0.3, -0.25) is 9.69 Å². The van der Waals surface area contributed by atoms with E-state index in [4.69, 9.17) is 0 Å². The van der Waals surface area contributed by atoms with Crippen molar-refractivity contribution in [2.24, 2.45) is 11.8 Å². The number of fused-ring (bicyclic) bond motifs is 4. The molecule has 0 aromatic carbocycles. The third-order valence-corrected chi connectivity index (χ3v) is 6.72. The predicted molar refractivity (Wildman–Crippen MR) is 88.3 cm³/mol. The third-order valence-electron chi connectivity index (χ3n) is 5.66. The van der Waals surface area contributed by atoms with Crippen LogP contribution in [0.3, 0.4) is 0 Å². The number of amides is 1. The molecule has 2 bridgehead atoms. The minimum atomic E-state index is 0.224. The molecular weight excluding hydrogens is 294 g/mol. The van der Waals surface area contributed by atoms with Crippen LogP contribution in [0.4, 0.5) is 0 Å². The molecule has 120 valence electrons. The van der Waals surface area contributed by atoms with E-state index in [0.717, 1.165) is 34.7 Å². The molecule has 3 fully saturated rings. The highest BCUT2D eigenvalue weighted by Gasteiger charge is 2.43. The highest BCUT2D eigenvalue weighted by molar-refractivity contribution is 7.13. The van der Waals surface area contributed by atoms with E-state index < -0.39 is 0 Å². The Morgan fingerprint density at radius 1 is 1.23 bits per heavy atom. The van der Waals surface area contributed by atoms with E-state index in [1.807, 2.05) is 13.8 Å². The molecule has 0 aliphatic carbocycles. The zero-order valence-electron chi connectivity index (χ0n) is 13.5. The quantitative estimate of drug-likeness (QED) is 0.798. The second-order valence-corrected chi connectivity index (χ2v) is 8.48. The van der Waals surface area contributed by atoms with E-state index in [9.17, 15) is 4.79 Å². The van der Waals surface area contributed by atoms with E-state index in [0.29, 0.717) is 11.8 Å². The minimum absolute atomic E-state index is 0.224. The maximum atomic E-state index is 12.9. The number of hydrogen-bond donors (Lipinski definition) is 0. The van der Waals surface area contributed by atoms with E-state index in [-0.39, 0.29) is 5.91 Å². The summed E-state index contributed by atoms with van der Waals surface area (Å²) in [6.45, 7) is 8.32. The number of rotatable bonds is 1. The van der Waals surface area contributed by atoms with Gasteiger partial charge in [-0.25, -0.2) is 4.98 Å². The van der Waals surface area contributed by atoms with Crippen molar-refractivity contribution in [1.29, 1.82) is 0 Å². The number of nitrogens with zero attached hydrogens (tertiary/aromatic N) is 3. The van der Waals surface area contributed by atoms with E-state index in [2.05, 4.69) is 14.8 Å². The van der Waals surface area contributed by atoms with Crippen LogP contribution in [-0.2, 0) is 0 Å². The summed E-state index contributed by atoms with van der Waals surface area (Å²) in [5, 5.41) is 0.997. The monoisotopic (exact) mass is 319 g/mol. The Kier molecular flexibility index (Phi) is 3.73. The topological polar surface area (TPSA) is 36.4 Å². The maximum absolute atomic E-state index is 12.9. The summed E-state index contributed by atoms with van der Waals surface area (Å²) in [6.07, 6.45) is 5.38. The van der Waals surface area contributed by atoms with Crippen LogP contribution in [-0.4, -0.2) is 52.9 Å². The Bertz CT molecular complexity index is 584. The largest absolute Gasteiger partial charge is 0.337 e. The molecular formula is C17H25N3OS.